The van der Waals surface area contributed by atoms with E-state index in [-0.39, 0.29) is 6.03 Å². The van der Waals surface area contributed by atoms with Gasteiger partial charge in [-0.25, -0.2) is 4.79 Å². The third kappa shape index (κ3) is 3.65. The number of para-hydroxylation sites is 1. The lowest BCUT2D eigenvalue weighted by Gasteiger charge is -2.19. The van der Waals surface area contributed by atoms with Crippen molar-refractivity contribution in [2.24, 2.45) is 0 Å². The molecular formula is C15H16ClN3O. The quantitative estimate of drug-likeness (QED) is 0.849. The van der Waals surface area contributed by atoms with Crippen LogP contribution in [-0.4, -0.2) is 18.0 Å². The minimum absolute atomic E-state index is 0.199. The van der Waals surface area contributed by atoms with Gasteiger partial charge < -0.3 is 16.0 Å². The van der Waals surface area contributed by atoms with Crippen LogP contribution >= 0.6 is 11.6 Å². The van der Waals surface area contributed by atoms with Crippen LogP contribution in [0.4, 0.5) is 16.2 Å². The molecule has 0 bridgehead atoms. The summed E-state index contributed by atoms with van der Waals surface area (Å²) >= 11 is 6.09. The number of benzene rings is 2. The average Bonchev–Trinajstić information content (AvgIpc) is 2.44. The van der Waals surface area contributed by atoms with Gasteiger partial charge in [-0.3, -0.25) is 0 Å². The molecule has 0 fully saturated rings. The van der Waals surface area contributed by atoms with Gasteiger partial charge in [0.15, 0.2) is 0 Å². The molecule has 104 valence electrons. The van der Waals surface area contributed by atoms with E-state index in [1.807, 2.05) is 30.3 Å². The molecule has 2 aromatic carbocycles. The van der Waals surface area contributed by atoms with Crippen LogP contribution in [-0.2, 0) is 6.54 Å². The molecule has 2 aromatic rings. The SMILES string of the molecule is CN(Cc1cc(N)ccc1Cl)C(=O)Nc1ccccc1. The number of nitrogens with zero attached hydrogens (tertiary/aromatic N) is 1. The number of anilines is 2. The molecule has 0 radical (unpaired) electrons. The molecule has 0 aliphatic carbocycles. The Morgan fingerprint density at radius 1 is 1.25 bits per heavy atom. The van der Waals surface area contributed by atoms with Gasteiger partial charge in [-0.15, -0.1) is 0 Å². The maximum absolute atomic E-state index is 12.1. The highest BCUT2D eigenvalue weighted by Gasteiger charge is 2.11. The smallest absolute Gasteiger partial charge is 0.321 e. The van der Waals surface area contributed by atoms with E-state index in [9.17, 15) is 4.79 Å². The van der Waals surface area contributed by atoms with E-state index in [4.69, 9.17) is 17.3 Å². The molecule has 2 rings (SSSR count). The van der Waals surface area contributed by atoms with Gasteiger partial charge in [0, 0.05) is 30.0 Å². The maximum Gasteiger partial charge on any atom is 0.321 e. The fraction of sp³-hybridized carbons (Fsp3) is 0.133. The number of urea groups is 1. The van der Waals surface area contributed by atoms with Crippen molar-refractivity contribution in [3.05, 3.63) is 59.1 Å². The number of rotatable bonds is 3. The molecule has 5 heteroatoms. The van der Waals surface area contributed by atoms with Crippen LogP contribution in [0.3, 0.4) is 0 Å². The Balaban J connectivity index is 2.02. The zero-order valence-corrected chi connectivity index (χ0v) is 11.9. The maximum atomic E-state index is 12.1. The highest BCUT2D eigenvalue weighted by atomic mass is 35.5. The fourth-order valence-electron chi connectivity index (χ4n) is 1.78. The summed E-state index contributed by atoms with van der Waals surface area (Å²) in [6.45, 7) is 0.391. The average molecular weight is 290 g/mol. The number of nitrogens with one attached hydrogen (secondary N) is 1. The number of nitrogens with two attached hydrogens (primary N) is 1. The van der Waals surface area contributed by atoms with Crippen LogP contribution in [0.2, 0.25) is 5.02 Å². The Kier molecular flexibility index (Phi) is 4.48. The van der Waals surface area contributed by atoms with Gasteiger partial charge in [-0.1, -0.05) is 29.8 Å². The second-order valence-corrected chi connectivity index (χ2v) is 4.91. The number of nitrogen functional groups attached to an aromatic ring is 1. The van der Waals surface area contributed by atoms with Crippen LogP contribution in [0.15, 0.2) is 48.5 Å². The molecule has 0 unspecified atom stereocenters. The first-order valence-electron chi connectivity index (χ1n) is 6.17. The zero-order valence-electron chi connectivity index (χ0n) is 11.1. The molecule has 0 aromatic heterocycles. The largest absolute Gasteiger partial charge is 0.399 e. The van der Waals surface area contributed by atoms with Crippen molar-refractivity contribution in [3.8, 4) is 0 Å². The monoisotopic (exact) mass is 289 g/mol. The van der Waals surface area contributed by atoms with E-state index >= 15 is 0 Å². The summed E-state index contributed by atoms with van der Waals surface area (Å²) < 4.78 is 0. The van der Waals surface area contributed by atoms with Crippen LogP contribution in [0.5, 0.6) is 0 Å². The first kappa shape index (κ1) is 14.2. The van der Waals surface area contributed by atoms with Crippen molar-refractivity contribution in [1.82, 2.24) is 4.90 Å². The number of carbonyl (C=O) groups is 1. The molecule has 4 nitrogen and oxygen atoms in total. The van der Waals surface area contributed by atoms with Crippen molar-refractivity contribution < 1.29 is 4.79 Å². The molecule has 0 aliphatic rings. The lowest BCUT2D eigenvalue weighted by molar-refractivity contribution is 0.220. The summed E-state index contributed by atoms with van der Waals surface area (Å²) in [6.07, 6.45) is 0. The van der Waals surface area contributed by atoms with Crippen LogP contribution in [0.1, 0.15) is 5.56 Å². The molecule has 20 heavy (non-hydrogen) atoms. The summed E-state index contributed by atoms with van der Waals surface area (Å²) in [4.78, 5) is 13.6. The van der Waals surface area contributed by atoms with Gasteiger partial charge in [0.2, 0.25) is 0 Å². The van der Waals surface area contributed by atoms with Crippen molar-refractivity contribution in [3.63, 3.8) is 0 Å². The van der Waals surface area contributed by atoms with Gasteiger partial charge in [-0.2, -0.15) is 0 Å². The topological polar surface area (TPSA) is 58.4 Å². The van der Waals surface area contributed by atoms with E-state index < -0.39 is 0 Å². The Labute approximate surface area is 123 Å². The Morgan fingerprint density at radius 2 is 1.95 bits per heavy atom. The molecule has 0 spiro atoms. The minimum Gasteiger partial charge on any atom is -0.399 e. The number of hydrogen-bond donors (Lipinski definition) is 2. The Hall–Kier alpha value is -2.20. The summed E-state index contributed by atoms with van der Waals surface area (Å²) in [5.41, 5.74) is 7.92. The first-order valence-corrected chi connectivity index (χ1v) is 6.55. The lowest BCUT2D eigenvalue weighted by Crippen LogP contribution is -2.30. The fourth-order valence-corrected chi connectivity index (χ4v) is 1.96. The molecule has 3 N–H and O–H groups in total. The summed E-state index contributed by atoms with van der Waals surface area (Å²) in [5.74, 6) is 0. The third-order valence-corrected chi connectivity index (χ3v) is 3.22. The summed E-state index contributed by atoms with van der Waals surface area (Å²) in [6, 6.07) is 14.3. The molecule has 0 atom stereocenters. The van der Waals surface area contributed by atoms with E-state index in [1.54, 1.807) is 30.1 Å². The predicted octanol–water partition coefficient (Wildman–Crippen LogP) is 3.59. The highest BCUT2D eigenvalue weighted by molar-refractivity contribution is 6.31. The van der Waals surface area contributed by atoms with Gasteiger partial charge in [0.1, 0.15) is 0 Å². The van der Waals surface area contributed by atoms with Crippen molar-refractivity contribution in [2.45, 2.75) is 6.54 Å². The van der Waals surface area contributed by atoms with E-state index in [1.165, 1.54) is 0 Å². The van der Waals surface area contributed by atoms with E-state index in [2.05, 4.69) is 5.32 Å². The normalized spacial score (nSPS) is 10.1. The van der Waals surface area contributed by atoms with Crippen molar-refractivity contribution in [1.29, 1.82) is 0 Å². The second-order valence-electron chi connectivity index (χ2n) is 4.50. The van der Waals surface area contributed by atoms with Gasteiger partial charge in [0.05, 0.1) is 0 Å². The first-order chi connectivity index (χ1) is 9.56. The lowest BCUT2D eigenvalue weighted by atomic mass is 10.2. The van der Waals surface area contributed by atoms with E-state index in [0.29, 0.717) is 17.3 Å². The number of amides is 2. The Bertz CT molecular complexity index is 601. The van der Waals surface area contributed by atoms with E-state index in [0.717, 1.165) is 11.3 Å². The summed E-state index contributed by atoms with van der Waals surface area (Å²) in [7, 11) is 1.71. The van der Waals surface area contributed by atoms with Crippen LogP contribution < -0.4 is 11.1 Å². The van der Waals surface area contributed by atoms with Gasteiger partial charge in [0.25, 0.3) is 0 Å². The number of hydrogen-bond acceptors (Lipinski definition) is 2. The molecule has 0 saturated carbocycles. The molecule has 0 saturated heterocycles. The van der Waals surface area contributed by atoms with Gasteiger partial charge >= 0.3 is 6.03 Å². The number of carbonyl (C=O) groups excluding carboxylic acids is 1. The second kappa shape index (κ2) is 6.30. The number of halogens is 1. The van der Waals surface area contributed by atoms with Gasteiger partial charge in [-0.05, 0) is 35.9 Å². The Morgan fingerprint density at radius 3 is 2.65 bits per heavy atom. The van der Waals surface area contributed by atoms with Crippen molar-refractivity contribution >= 4 is 29.0 Å². The standard InChI is InChI=1S/C15H16ClN3O/c1-19(10-11-9-12(17)7-8-14(11)16)15(20)18-13-5-3-2-4-6-13/h2-9H,10,17H2,1H3,(H,18,20). The molecular weight excluding hydrogens is 274 g/mol. The highest BCUT2D eigenvalue weighted by Crippen LogP contribution is 2.20. The summed E-state index contributed by atoms with van der Waals surface area (Å²) in [5, 5.41) is 3.40. The zero-order chi connectivity index (χ0) is 14.5. The third-order valence-electron chi connectivity index (χ3n) is 2.85. The van der Waals surface area contributed by atoms with Crippen LogP contribution in [0.25, 0.3) is 0 Å². The molecule has 2 amide bonds. The van der Waals surface area contributed by atoms with Crippen molar-refractivity contribution in [2.75, 3.05) is 18.1 Å². The molecule has 0 heterocycles. The molecule has 0 aliphatic heterocycles. The predicted molar refractivity (Wildman–Crippen MR) is 82.8 cm³/mol. The van der Waals surface area contributed by atoms with Crippen LogP contribution in [0, 0.1) is 0 Å². The minimum atomic E-state index is -0.199.